The van der Waals surface area contributed by atoms with Gasteiger partial charge in [-0.2, -0.15) is 0 Å². The van der Waals surface area contributed by atoms with Gasteiger partial charge in [0.2, 0.25) is 10.0 Å². The summed E-state index contributed by atoms with van der Waals surface area (Å²) in [6.07, 6.45) is 3.72. The van der Waals surface area contributed by atoms with Gasteiger partial charge in [-0.15, -0.1) is 0 Å². The number of unbranched alkanes of at least 4 members (excludes halogenated alkanes) is 1. The molecule has 0 N–H and O–H groups in total. The highest BCUT2D eigenvalue weighted by Gasteiger charge is 2.28. The van der Waals surface area contributed by atoms with Crippen molar-refractivity contribution in [3.8, 4) is 0 Å². The van der Waals surface area contributed by atoms with Crippen molar-refractivity contribution in [3.05, 3.63) is 0 Å². The number of piperidine rings is 1. The van der Waals surface area contributed by atoms with Crippen LogP contribution in [0.15, 0.2) is 0 Å². The number of sulfonamides is 1. The monoisotopic (exact) mass is 249 g/mol. The molecule has 1 aliphatic heterocycles. The van der Waals surface area contributed by atoms with Gasteiger partial charge in [-0.1, -0.05) is 13.3 Å². The van der Waals surface area contributed by atoms with Crippen LogP contribution in [0.25, 0.3) is 0 Å². The van der Waals surface area contributed by atoms with E-state index in [1.54, 1.807) is 11.4 Å². The van der Waals surface area contributed by atoms with Gasteiger partial charge in [-0.05, 0) is 25.2 Å². The van der Waals surface area contributed by atoms with E-state index in [-0.39, 0.29) is 0 Å². The lowest BCUT2D eigenvalue weighted by atomic mass is 10.0. The molecule has 1 atom stereocenters. The van der Waals surface area contributed by atoms with Crippen LogP contribution in [0.5, 0.6) is 0 Å². The van der Waals surface area contributed by atoms with Crippen molar-refractivity contribution < 1.29 is 13.2 Å². The summed E-state index contributed by atoms with van der Waals surface area (Å²) in [5.74, 6) is 0.665. The van der Waals surface area contributed by atoms with Crippen molar-refractivity contribution in [3.63, 3.8) is 0 Å². The van der Waals surface area contributed by atoms with Crippen LogP contribution >= 0.6 is 0 Å². The van der Waals surface area contributed by atoms with Crippen LogP contribution in [-0.4, -0.2) is 45.3 Å². The molecule has 1 unspecified atom stereocenters. The summed E-state index contributed by atoms with van der Waals surface area (Å²) >= 11 is 0. The number of hydrogen-bond acceptors (Lipinski definition) is 3. The first-order valence-corrected chi connectivity index (χ1v) is 7.67. The molecule has 0 saturated carbocycles. The van der Waals surface area contributed by atoms with Crippen molar-refractivity contribution in [2.75, 3.05) is 32.6 Å². The molecule has 16 heavy (non-hydrogen) atoms. The first-order chi connectivity index (χ1) is 7.60. The first-order valence-electron chi connectivity index (χ1n) is 6.07. The SMILES string of the molecule is CCCCS(=O)(=O)N1CCCC(COC)C1. The molecule has 96 valence electrons. The molecule has 0 amide bonds. The second-order valence-corrected chi connectivity index (χ2v) is 6.58. The number of ether oxygens (including phenoxy) is 1. The van der Waals surface area contributed by atoms with Crippen LogP contribution in [0.4, 0.5) is 0 Å². The Balaban J connectivity index is 2.52. The summed E-state index contributed by atoms with van der Waals surface area (Å²) in [6, 6.07) is 0. The van der Waals surface area contributed by atoms with Crippen molar-refractivity contribution in [2.45, 2.75) is 32.6 Å². The lowest BCUT2D eigenvalue weighted by molar-refractivity contribution is 0.118. The third kappa shape index (κ3) is 4.03. The predicted molar refractivity (Wildman–Crippen MR) is 64.9 cm³/mol. The van der Waals surface area contributed by atoms with E-state index in [1.807, 2.05) is 6.92 Å². The average Bonchev–Trinajstić information content (AvgIpc) is 2.27. The third-order valence-corrected chi connectivity index (χ3v) is 4.96. The standard InChI is InChI=1S/C11H23NO3S/c1-3-4-8-16(13,14)12-7-5-6-11(9-12)10-15-2/h11H,3-10H2,1-2H3. The number of nitrogens with zero attached hydrogens (tertiary/aromatic N) is 1. The fourth-order valence-corrected chi connectivity index (χ4v) is 3.86. The first kappa shape index (κ1) is 13.9. The van der Waals surface area contributed by atoms with E-state index in [4.69, 9.17) is 4.74 Å². The van der Waals surface area contributed by atoms with E-state index >= 15 is 0 Å². The Morgan fingerprint density at radius 1 is 1.44 bits per heavy atom. The third-order valence-electron chi connectivity index (χ3n) is 3.03. The molecule has 0 spiro atoms. The summed E-state index contributed by atoms with van der Waals surface area (Å²) in [5, 5.41) is 0. The molecular formula is C11H23NO3S. The molecular weight excluding hydrogens is 226 g/mol. The minimum atomic E-state index is -3.02. The van der Waals surface area contributed by atoms with Crippen LogP contribution in [-0.2, 0) is 14.8 Å². The summed E-state index contributed by atoms with van der Waals surface area (Å²) in [5.41, 5.74) is 0. The lowest BCUT2D eigenvalue weighted by Gasteiger charge is -2.31. The Bertz CT molecular complexity index is 288. The summed E-state index contributed by atoms with van der Waals surface area (Å²) in [7, 11) is -1.35. The summed E-state index contributed by atoms with van der Waals surface area (Å²) in [6.45, 7) is 4.01. The molecule has 1 saturated heterocycles. The van der Waals surface area contributed by atoms with Gasteiger partial charge in [0.15, 0.2) is 0 Å². The van der Waals surface area contributed by atoms with E-state index in [2.05, 4.69) is 0 Å². The topological polar surface area (TPSA) is 46.6 Å². The van der Waals surface area contributed by atoms with Crippen molar-refractivity contribution in [1.29, 1.82) is 0 Å². The lowest BCUT2D eigenvalue weighted by Crippen LogP contribution is -2.42. The maximum atomic E-state index is 12.0. The van der Waals surface area contributed by atoms with Crippen LogP contribution in [0.2, 0.25) is 0 Å². The van der Waals surface area contributed by atoms with Crippen LogP contribution in [0.1, 0.15) is 32.6 Å². The molecule has 1 fully saturated rings. The summed E-state index contributed by atoms with van der Waals surface area (Å²) in [4.78, 5) is 0. The number of rotatable bonds is 6. The molecule has 0 aliphatic carbocycles. The van der Waals surface area contributed by atoms with Gasteiger partial charge in [-0.3, -0.25) is 0 Å². The van der Waals surface area contributed by atoms with Gasteiger partial charge < -0.3 is 4.74 Å². The van der Waals surface area contributed by atoms with Gasteiger partial charge >= 0.3 is 0 Å². The highest BCUT2D eigenvalue weighted by atomic mass is 32.2. The molecule has 1 aliphatic rings. The van der Waals surface area contributed by atoms with Crippen LogP contribution in [0, 0.1) is 5.92 Å². The highest BCUT2D eigenvalue weighted by Crippen LogP contribution is 2.20. The van der Waals surface area contributed by atoms with Crippen LogP contribution in [0.3, 0.4) is 0 Å². The maximum absolute atomic E-state index is 12.0. The minimum Gasteiger partial charge on any atom is -0.384 e. The second-order valence-electron chi connectivity index (χ2n) is 4.49. The van der Waals surface area contributed by atoms with Gasteiger partial charge in [0.05, 0.1) is 12.4 Å². The quantitative estimate of drug-likeness (QED) is 0.716. The molecule has 0 aromatic rings. The molecule has 0 radical (unpaired) electrons. The van der Waals surface area contributed by atoms with Crippen LogP contribution < -0.4 is 0 Å². The zero-order valence-electron chi connectivity index (χ0n) is 10.3. The van der Waals surface area contributed by atoms with Crippen molar-refractivity contribution in [1.82, 2.24) is 4.31 Å². The fraction of sp³-hybridized carbons (Fsp3) is 1.00. The molecule has 0 aromatic carbocycles. The van der Waals surface area contributed by atoms with Crippen molar-refractivity contribution in [2.24, 2.45) is 5.92 Å². The molecule has 5 heteroatoms. The van der Waals surface area contributed by atoms with Gasteiger partial charge in [-0.25, -0.2) is 12.7 Å². The average molecular weight is 249 g/mol. The molecule has 1 rings (SSSR count). The summed E-state index contributed by atoms with van der Waals surface area (Å²) < 4.78 is 30.7. The normalized spacial score (nSPS) is 23.5. The van der Waals surface area contributed by atoms with E-state index < -0.39 is 10.0 Å². The molecule has 0 aromatic heterocycles. The van der Waals surface area contributed by atoms with E-state index in [0.717, 1.165) is 25.7 Å². The van der Waals surface area contributed by atoms with Gasteiger partial charge in [0, 0.05) is 20.2 Å². The molecule has 4 nitrogen and oxygen atoms in total. The van der Waals surface area contributed by atoms with E-state index in [1.165, 1.54) is 0 Å². The second kappa shape index (κ2) is 6.57. The Morgan fingerprint density at radius 3 is 2.81 bits per heavy atom. The Morgan fingerprint density at radius 2 is 2.19 bits per heavy atom. The Kier molecular flexibility index (Phi) is 5.72. The fourth-order valence-electron chi connectivity index (χ4n) is 2.11. The van der Waals surface area contributed by atoms with Gasteiger partial charge in [0.25, 0.3) is 0 Å². The Hall–Kier alpha value is -0.130. The number of methoxy groups -OCH3 is 1. The van der Waals surface area contributed by atoms with Gasteiger partial charge in [0.1, 0.15) is 0 Å². The molecule has 1 heterocycles. The maximum Gasteiger partial charge on any atom is 0.214 e. The minimum absolute atomic E-state index is 0.295. The number of hydrogen-bond donors (Lipinski definition) is 0. The van der Waals surface area contributed by atoms with E-state index in [9.17, 15) is 8.42 Å². The zero-order chi connectivity index (χ0) is 12.0. The predicted octanol–water partition coefficient (Wildman–Crippen LogP) is 1.47. The highest BCUT2D eigenvalue weighted by molar-refractivity contribution is 7.89. The van der Waals surface area contributed by atoms with Crippen molar-refractivity contribution >= 4 is 10.0 Å². The smallest absolute Gasteiger partial charge is 0.214 e. The zero-order valence-corrected chi connectivity index (χ0v) is 11.1. The van der Waals surface area contributed by atoms with E-state index in [0.29, 0.717) is 31.4 Å². The Labute approximate surface area is 99.0 Å². The molecule has 0 bridgehead atoms. The largest absolute Gasteiger partial charge is 0.384 e.